The molecule has 0 amide bonds. The van der Waals surface area contributed by atoms with E-state index < -0.39 is 6.10 Å². The molecule has 0 spiro atoms. The van der Waals surface area contributed by atoms with Crippen LogP contribution in [0.3, 0.4) is 0 Å². The number of nitrogens with zero attached hydrogens (tertiary/aromatic N) is 1. The standard InChI is InChI=1S/C14H21NO3/c16-13-6-7-15(8-13)9-14(17)11-18-10-12-4-2-1-3-5-12/h1-5,13-14,16-17H,6-11H2. The minimum absolute atomic E-state index is 0.234. The Labute approximate surface area is 108 Å². The summed E-state index contributed by atoms with van der Waals surface area (Å²) in [5.41, 5.74) is 1.11. The van der Waals surface area contributed by atoms with Crippen LogP contribution in [0.15, 0.2) is 30.3 Å². The quantitative estimate of drug-likeness (QED) is 0.778. The molecule has 0 radical (unpaired) electrons. The summed E-state index contributed by atoms with van der Waals surface area (Å²) in [5.74, 6) is 0. The molecule has 4 heteroatoms. The first-order chi connectivity index (χ1) is 8.74. The van der Waals surface area contributed by atoms with Gasteiger partial charge in [0.1, 0.15) is 0 Å². The maximum Gasteiger partial charge on any atom is 0.0900 e. The molecule has 2 rings (SSSR count). The molecule has 1 aromatic carbocycles. The van der Waals surface area contributed by atoms with E-state index in [9.17, 15) is 10.2 Å². The van der Waals surface area contributed by atoms with Crippen LogP contribution in [0, 0.1) is 0 Å². The highest BCUT2D eigenvalue weighted by molar-refractivity contribution is 5.13. The predicted molar refractivity (Wildman–Crippen MR) is 69.2 cm³/mol. The van der Waals surface area contributed by atoms with E-state index >= 15 is 0 Å². The highest BCUT2D eigenvalue weighted by Gasteiger charge is 2.22. The van der Waals surface area contributed by atoms with E-state index in [1.54, 1.807) is 0 Å². The first-order valence-electron chi connectivity index (χ1n) is 6.44. The largest absolute Gasteiger partial charge is 0.392 e. The van der Waals surface area contributed by atoms with Gasteiger partial charge in [-0.3, -0.25) is 4.90 Å². The van der Waals surface area contributed by atoms with Crippen LogP contribution in [-0.4, -0.2) is 53.6 Å². The Morgan fingerprint density at radius 1 is 1.33 bits per heavy atom. The lowest BCUT2D eigenvalue weighted by molar-refractivity contribution is 0.0118. The van der Waals surface area contributed by atoms with E-state index in [-0.39, 0.29) is 6.10 Å². The Hall–Kier alpha value is -0.940. The molecule has 1 heterocycles. The summed E-state index contributed by atoms with van der Waals surface area (Å²) in [6, 6.07) is 9.92. The summed E-state index contributed by atoms with van der Waals surface area (Å²) in [7, 11) is 0. The van der Waals surface area contributed by atoms with E-state index in [0.29, 0.717) is 26.3 Å². The van der Waals surface area contributed by atoms with Crippen molar-refractivity contribution < 1.29 is 14.9 Å². The highest BCUT2D eigenvalue weighted by Crippen LogP contribution is 2.09. The van der Waals surface area contributed by atoms with Crippen molar-refractivity contribution in [3.8, 4) is 0 Å². The number of β-amino-alcohol motifs (C(OH)–C–C–N with tert-alkyl or cyclic N) is 2. The highest BCUT2D eigenvalue weighted by atomic mass is 16.5. The van der Waals surface area contributed by atoms with Crippen LogP contribution in [0.1, 0.15) is 12.0 Å². The summed E-state index contributed by atoms with van der Waals surface area (Å²) in [5, 5.41) is 19.2. The number of hydrogen-bond acceptors (Lipinski definition) is 4. The van der Waals surface area contributed by atoms with Gasteiger partial charge in [0.05, 0.1) is 25.4 Å². The van der Waals surface area contributed by atoms with E-state index in [2.05, 4.69) is 4.90 Å². The van der Waals surface area contributed by atoms with Crippen LogP contribution in [0.25, 0.3) is 0 Å². The van der Waals surface area contributed by atoms with E-state index in [1.165, 1.54) is 0 Å². The summed E-state index contributed by atoms with van der Waals surface area (Å²) in [6.07, 6.45) is 0.0823. The second kappa shape index (κ2) is 6.85. The minimum Gasteiger partial charge on any atom is -0.392 e. The molecular formula is C14H21NO3. The number of rotatable bonds is 6. The topological polar surface area (TPSA) is 52.9 Å². The lowest BCUT2D eigenvalue weighted by Crippen LogP contribution is -2.33. The Morgan fingerprint density at radius 3 is 2.78 bits per heavy atom. The molecule has 0 bridgehead atoms. The summed E-state index contributed by atoms with van der Waals surface area (Å²) in [4.78, 5) is 2.07. The van der Waals surface area contributed by atoms with Gasteiger partial charge in [-0.05, 0) is 12.0 Å². The Kier molecular flexibility index (Phi) is 5.13. The summed E-state index contributed by atoms with van der Waals surface area (Å²) < 4.78 is 5.48. The molecule has 1 aliphatic rings. The zero-order valence-corrected chi connectivity index (χ0v) is 10.5. The second-order valence-electron chi connectivity index (χ2n) is 4.86. The zero-order chi connectivity index (χ0) is 12.8. The number of aliphatic hydroxyl groups is 2. The first-order valence-corrected chi connectivity index (χ1v) is 6.44. The Morgan fingerprint density at radius 2 is 2.11 bits per heavy atom. The van der Waals surface area contributed by atoms with Crippen molar-refractivity contribution in [2.75, 3.05) is 26.2 Å². The molecule has 0 aliphatic carbocycles. The van der Waals surface area contributed by atoms with Crippen molar-refractivity contribution in [2.45, 2.75) is 25.2 Å². The molecule has 2 unspecified atom stereocenters. The molecule has 1 fully saturated rings. The molecule has 1 aliphatic heterocycles. The van der Waals surface area contributed by atoms with Gasteiger partial charge in [0, 0.05) is 19.6 Å². The van der Waals surface area contributed by atoms with Gasteiger partial charge in [-0.2, -0.15) is 0 Å². The predicted octanol–water partition coefficient (Wildman–Crippen LogP) is 0.631. The third-order valence-electron chi connectivity index (χ3n) is 3.14. The van der Waals surface area contributed by atoms with Crippen LogP contribution >= 0.6 is 0 Å². The summed E-state index contributed by atoms with van der Waals surface area (Å²) in [6.45, 7) is 2.96. The fraction of sp³-hybridized carbons (Fsp3) is 0.571. The van der Waals surface area contributed by atoms with E-state index in [4.69, 9.17) is 4.74 Å². The molecule has 0 saturated carbocycles. The fourth-order valence-corrected chi connectivity index (χ4v) is 2.22. The van der Waals surface area contributed by atoms with Crippen LogP contribution < -0.4 is 0 Å². The van der Waals surface area contributed by atoms with Crippen LogP contribution in [0.4, 0.5) is 0 Å². The average Bonchev–Trinajstić information content (AvgIpc) is 2.76. The lowest BCUT2D eigenvalue weighted by Gasteiger charge is -2.19. The molecular weight excluding hydrogens is 230 g/mol. The van der Waals surface area contributed by atoms with Crippen molar-refractivity contribution in [1.29, 1.82) is 0 Å². The van der Waals surface area contributed by atoms with Gasteiger partial charge < -0.3 is 14.9 Å². The molecule has 1 saturated heterocycles. The van der Waals surface area contributed by atoms with Crippen molar-refractivity contribution >= 4 is 0 Å². The van der Waals surface area contributed by atoms with Gasteiger partial charge in [0.15, 0.2) is 0 Å². The smallest absolute Gasteiger partial charge is 0.0900 e. The lowest BCUT2D eigenvalue weighted by atomic mass is 10.2. The number of likely N-dealkylation sites (tertiary alicyclic amines) is 1. The molecule has 100 valence electrons. The molecule has 2 atom stereocenters. The van der Waals surface area contributed by atoms with Gasteiger partial charge in [-0.1, -0.05) is 30.3 Å². The van der Waals surface area contributed by atoms with Crippen LogP contribution in [0.2, 0.25) is 0 Å². The number of hydrogen-bond donors (Lipinski definition) is 2. The third kappa shape index (κ3) is 4.38. The monoisotopic (exact) mass is 251 g/mol. The normalized spacial score (nSPS) is 22.2. The minimum atomic E-state index is -0.487. The van der Waals surface area contributed by atoms with Gasteiger partial charge in [-0.25, -0.2) is 0 Å². The number of benzene rings is 1. The Balaban J connectivity index is 1.61. The van der Waals surface area contributed by atoms with Gasteiger partial charge in [-0.15, -0.1) is 0 Å². The van der Waals surface area contributed by atoms with Crippen LogP contribution in [-0.2, 0) is 11.3 Å². The van der Waals surface area contributed by atoms with Crippen molar-refractivity contribution in [2.24, 2.45) is 0 Å². The Bertz CT molecular complexity index is 344. The van der Waals surface area contributed by atoms with Gasteiger partial charge in [0.2, 0.25) is 0 Å². The van der Waals surface area contributed by atoms with E-state index in [0.717, 1.165) is 18.5 Å². The first kappa shape index (κ1) is 13.5. The van der Waals surface area contributed by atoms with Crippen molar-refractivity contribution in [1.82, 2.24) is 4.90 Å². The third-order valence-corrected chi connectivity index (χ3v) is 3.14. The molecule has 0 aromatic heterocycles. The second-order valence-corrected chi connectivity index (χ2v) is 4.86. The zero-order valence-electron chi connectivity index (χ0n) is 10.5. The molecule has 4 nitrogen and oxygen atoms in total. The number of ether oxygens (including phenoxy) is 1. The van der Waals surface area contributed by atoms with E-state index in [1.807, 2.05) is 30.3 Å². The molecule has 2 N–H and O–H groups in total. The average molecular weight is 251 g/mol. The molecule has 1 aromatic rings. The van der Waals surface area contributed by atoms with Gasteiger partial charge >= 0.3 is 0 Å². The maximum absolute atomic E-state index is 9.83. The maximum atomic E-state index is 9.83. The molecule has 18 heavy (non-hydrogen) atoms. The van der Waals surface area contributed by atoms with Crippen molar-refractivity contribution in [3.63, 3.8) is 0 Å². The number of aliphatic hydroxyl groups excluding tert-OH is 2. The summed E-state index contributed by atoms with van der Waals surface area (Å²) >= 11 is 0. The van der Waals surface area contributed by atoms with Crippen molar-refractivity contribution in [3.05, 3.63) is 35.9 Å². The van der Waals surface area contributed by atoms with Gasteiger partial charge in [0.25, 0.3) is 0 Å². The SMILES string of the molecule is OC1CCN(CC(O)COCc2ccccc2)C1. The fourth-order valence-electron chi connectivity index (χ4n) is 2.22. The van der Waals surface area contributed by atoms with Crippen LogP contribution in [0.5, 0.6) is 0 Å².